The van der Waals surface area contributed by atoms with Gasteiger partial charge in [0.05, 0.1) is 12.2 Å². The summed E-state index contributed by atoms with van der Waals surface area (Å²) in [5, 5.41) is 4.63. The highest BCUT2D eigenvalue weighted by Gasteiger charge is 2.19. The standard InChI is InChI=1S/C12H19N5OS/c1-3-4-16(8-10(18)14-2)11-9(7-13)17-5-6-19-12(17)15-11/h5-6H,3-4,7-8,13H2,1-2H3,(H,14,18). The molecule has 0 saturated carbocycles. The molecule has 2 rings (SSSR count). The molecule has 0 spiro atoms. The third kappa shape index (κ3) is 2.71. The van der Waals surface area contributed by atoms with Gasteiger partial charge in [0.15, 0.2) is 10.8 Å². The fourth-order valence-corrected chi connectivity index (χ4v) is 2.77. The molecule has 0 unspecified atom stereocenters. The highest BCUT2D eigenvalue weighted by atomic mass is 32.1. The van der Waals surface area contributed by atoms with Gasteiger partial charge < -0.3 is 16.0 Å². The van der Waals surface area contributed by atoms with Gasteiger partial charge in [0, 0.05) is 31.7 Å². The van der Waals surface area contributed by atoms with Crippen molar-refractivity contribution in [2.45, 2.75) is 19.9 Å². The van der Waals surface area contributed by atoms with E-state index in [1.54, 1.807) is 18.4 Å². The van der Waals surface area contributed by atoms with Crippen molar-refractivity contribution in [1.29, 1.82) is 0 Å². The average Bonchev–Trinajstić information content (AvgIpc) is 2.97. The molecule has 0 radical (unpaired) electrons. The molecule has 0 saturated heterocycles. The molecule has 0 aromatic carbocycles. The minimum absolute atomic E-state index is 0.0206. The number of hydrogen-bond acceptors (Lipinski definition) is 5. The van der Waals surface area contributed by atoms with Crippen LogP contribution in [0.3, 0.4) is 0 Å². The van der Waals surface area contributed by atoms with E-state index in [0.717, 1.165) is 29.4 Å². The maximum absolute atomic E-state index is 11.6. The van der Waals surface area contributed by atoms with Crippen LogP contribution in [0.15, 0.2) is 11.6 Å². The first-order chi connectivity index (χ1) is 9.21. The van der Waals surface area contributed by atoms with Gasteiger partial charge in [0.2, 0.25) is 5.91 Å². The monoisotopic (exact) mass is 281 g/mol. The number of nitrogens with one attached hydrogen (secondary N) is 1. The number of amides is 1. The smallest absolute Gasteiger partial charge is 0.239 e. The fraction of sp³-hybridized carbons (Fsp3) is 0.500. The van der Waals surface area contributed by atoms with E-state index in [1.807, 2.05) is 20.9 Å². The molecule has 2 heterocycles. The lowest BCUT2D eigenvalue weighted by Gasteiger charge is -2.22. The number of rotatable bonds is 6. The van der Waals surface area contributed by atoms with E-state index in [9.17, 15) is 4.79 Å². The molecule has 6 nitrogen and oxygen atoms in total. The Hall–Kier alpha value is -1.60. The lowest BCUT2D eigenvalue weighted by molar-refractivity contribution is -0.119. The molecule has 0 atom stereocenters. The van der Waals surface area contributed by atoms with Crippen molar-refractivity contribution in [2.75, 3.05) is 25.0 Å². The van der Waals surface area contributed by atoms with Crippen LogP contribution in [0, 0.1) is 0 Å². The van der Waals surface area contributed by atoms with E-state index in [2.05, 4.69) is 17.2 Å². The van der Waals surface area contributed by atoms with E-state index >= 15 is 0 Å². The first kappa shape index (κ1) is 13.8. The molecule has 2 aromatic heterocycles. The molecule has 0 fully saturated rings. The highest BCUT2D eigenvalue weighted by Crippen LogP contribution is 2.24. The highest BCUT2D eigenvalue weighted by molar-refractivity contribution is 7.15. The van der Waals surface area contributed by atoms with Crippen LogP contribution in [0.5, 0.6) is 0 Å². The molecule has 3 N–H and O–H groups in total. The van der Waals surface area contributed by atoms with Crippen LogP contribution in [0.4, 0.5) is 5.82 Å². The van der Waals surface area contributed by atoms with Gasteiger partial charge >= 0.3 is 0 Å². The summed E-state index contributed by atoms with van der Waals surface area (Å²) < 4.78 is 1.99. The number of carbonyl (C=O) groups is 1. The summed E-state index contributed by atoms with van der Waals surface area (Å²) in [5.41, 5.74) is 6.79. The number of aromatic nitrogens is 2. The van der Waals surface area contributed by atoms with Crippen molar-refractivity contribution in [3.8, 4) is 0 Å². The third-order valence-electron chi connectivity index (χ3n) is 2.94. The van der Waals surface area contributed by atoms with E-state index in [-0.39, 0.29) is 5.91 Å². The van der Waals surface area contributed by atoms with Gasteiger partial charge in [-0.3, -0.25) is 9.20 Å². The van der Waals surface area contributed by atoms with Gasteiger partial charge in [0.1, 0.15) is 0 Å². The number of nitrogens with two attached hydrogens (primary N) is 1. The Kier molecular flexibility index (Phi) is 4.39. The van der Waals surface area contributed by atoms with Crippen LogP contribution >= 0.6 is 11.3 Å². The molecule has 2 aromatic rings. The van der Waals surface area contributed by atoms with Crippen molar-refractivity contribution in [2.24, 2.45) is 5.73 Å². The normalized spacial score (nSPS) is 10.9. The molecular formula is C12H19N5OS. The maximum Gasteiger partial charge on any atom is 0.239 e. The maximum atomic E-state index is 11.6. The van der Waals surface area contributed by atoms with Crippen molar-refractivity contribution in [3.63, 3.8) is 0 Å². The van der Waals surface area contributed by atoms with Crippen LogP contribution in [0.2, 0.25) is 0 Å². The predicted octanol–water partition coefficient (Wildman–Crippen LogP) is 0.817. The summed E-state index contributed by atoms with van der Waals surface area (Å²) >= 11 is 1.57. The molecule has 104 valence electrons. The van der Waals surface area contributed by atoms with Crippen LogP contribution in [-0.2, 0) is 11.3 Å². The molecular weight excluding hydrogens is 262 g/mol. The quantitative estimate of drug-likeness (QED) is 0.822. The van der Waals surface area contributed by atoms with Gasteiger partial charge in [-0.05, 0) is 6.42 Å². The second-order valence-corrected chi connectivity index (χ2v) is 5.11. The zero-order valence-electron chi connectivity index (χ0n) is 11.2. The summed E-state index contributed by atoms with van der Waals surface area (Å²) in [7, 11) is 1.64. The lowest BCUT2D eigenvalue weighted by atomic mass is 10.3. The topological polar surface area (TPSA) is 75.7 Å². The number of carbonyl (C=O) groups excluding carboxylic acids is 1. The Morgan fingerprint density at radius 3 is 3.05 bits per heavy atom. The van der Waals surface area contributed by atoms with E-state index < -0.39 is 0 Å². The molecule has 0 aliphatic heterocycles. The van der Waals surface area contributed by atoms with Crippen molar-refractivity contribution >= 4 is 28.0 Å². The van der Waals surface area contributed by atoms with E-state index in [0.29, 0.717) is 13.1 Å². The summed E-state index contributed by atoms with van der Waals surface area (Å²) in [4.78, 5) is 19.1. The van der Waals surface area contributed by atoms with E-state index in [4.69, 9.17) is 5.73 Å². The second kappa shape index (κ2) is 6.03. The Bertz CT molecular complexity index is 561. The number of thiazole rings is 1. The van der Waals surface area contributed by atoms with E-state index in [1.165, 1.54) is 0 Å². The zero-order chi connectivity index (χ0) is 13.8. The van der Waals surface area contributed by atoms with Gasteiger partial charge in [0.25, 0.3) is 0 Å². The Morgan fingerprint density at radius 2 is 2.42 bits per heavy atom. The zero-order valence-corrected chi connectivity index (χ0v) is 12.0. The number of nitrogens with zero attached hydrogens (tertiary/aromatic N) is 3. The summed E-state index contributed by atoms with van der Waals surface area (Å²) in [6.45, 7) is 3.58. The van der Waals surface area contributed by atoms with Crippen LogP contribution < -0.4 is 16.0 Å². The summed E-state index contributed by atoms with van der Waals surface area (Å²) in [5.74, 6) is 0.799. The van der Waals surface area contributed by atoms with Gasteiger partial charge in [-0.1, -0.05) is 6.92 Å². The second-order valence-electron chi connectivity index (χ2n) is 4.24. The molecule has 19 heavy (non-hydrogen) atoms. The van der Waals surface area contributed by atoms with Gasteiger partial charge in [-0.15, -0.1) is 11.3 Å². The third-order valence-corrected chi connectivity index (χ3v) is 3.70. The number of hydrogen-bond donors (Lipinski definition) is 2. The molecule has 1 amide bonds. The van der Waals surface area contributed by atoms with Crippen molar-refractivity contribution in [1.82, 2.24) is 14.7 Å². The Morgan fingerprint density at radius 1 is 1.63 bits per heavy atom. The fourth-order valence-electron chi connectivity index (χ4n) is 2.05. The molecule has 0 aliphatic rings. The number of imidazole rings is 1. The number of likely N-dealkylation sites (N-methyl/N-ethyl adjacent to an activating group) is 1. The van der Waals surface area contributed by atoms with Gasteiger partial charge in [-0.2, -0.15) is 0 Å². The van der Waals surface area contributed by atoms with Gasteiger partial charge in [-0.25, -0.2) is 4.98 Å². The number of anilines is 1. The van der Waals surface area contributed by atoms with Crippen LogP contribution in [-0.4, -0.2) is 35.4 Å². The summed E-state index contributed by atoms with van der Waals surface area (Å²) in [6.07, 6.45) is 2.91. The SMILES string of the molecule is CCCN(CC(=O)NC)c1nc2sccn2c1CN. The Labute approximate surface area is 116 Å². The average molecular weight is 281 g/mol. The minimum atomic E-state index is -0.0206. The minimum Gasteiger partial charge on any atom is -0.358 e. The van der Waals surface area contributed by atoms with Crippen LogP contribution in [0.1, 0.15) is 19.0 Å². The first-order valence-electron chi connectivity index (χ1n) is 6.31. The molecule has 7 heteroatoms. The molecule has 0 aliphatic carbocycles. The summed E-state index contributed by atoms with van der Waals surface area (Å²) in [6, 6.07) is 0. The lowest BCUT2D eigenvalue weighted by Crippen LogP contribution is -2.37. The van der Waals surface area contributed by atoms with Crippen molar-refractivity contribution < 1.29 is 4.79 Å². The predicted molar refractivity (Wildman–Crippen MR) is 77.5 cm³/mol. The van der Waals surface area contributed by atoms with Crippen LogP contribution in [0.25, 0.3) is 4.96 Å². The number of fused-ring (bicyclic) bond motifs is 1. The Balaban J connectivity index is 2.36. The van der Waals surface area contributed by atoms with Crippen molar-refractivity contribution in [3.05, 3.63) is 17.3 Å². The largest absolute Gasteiger partial charge is 0.358 e. The first-order valence-corrected chi connectivity index (χ1v) is 7.19. The molecule has 0 bridgehead atoms.